The van der Waals surface area contributed by atoms with Gasteiger partial charge < -0.3 is 9.84 Å². The van der Waals surface area contributed by atoms with Crippen LogP contribution >= 0.6 is 0 Å². The van der Waals surface area contributed by atoms with Crippen molar-refractivity contribution in [2.75, 3.05) is 7.11 Å². The zero-order valence-electron chi connectivity index (χ0n) is 8.25. The standard InChI is InChI=1S/C11H13FO2/c1-4-8(13)10-9(14-3)6-5-7(2)11(10)12/h4-6,8,13H,1H2,2-3H3. The molecule has 0 heterocycles. The largest absolute Gasteiger partial charge is 0.496 e. The number of methoxy groups -OCH3 is 1. The third kappa shape index (κ3) is 1.77. The highest BCUT2D eigenvalue weighted by Gasteiger charge is 2.17. The average Bonchev–Trinajstić information content (AvgIpc) is 2.20. The van der Waals surface area contributed by atoms with Crippen LogP contribution in [0.3, 0.4) is 0 Å². The number of benzene rings is 1. The van der Waals surface area contributed by atoms with Crippen LogP contribution in [0.25, 0.3) is 0 Å². The first-order valence-corrected chi connectivity index (χ1v) is 4.25. The van der Waals surface area contributed by atoms with E-state index in [1.165, 1.54) is 13.2 Å². The maximum absolute atomic E-state index is 13.6. The summed E-state index contributed by atoms with van der Waals surface area (Å²) in [6, 6.07) is 3.23. The van der Waals surface area contributed by atoms with Crippen molar-refractivity contribution < 1.29 is 14.2 Å². The summed E-state index contributed by atoms with van der Waals surface area (Å²) >= 11 is 0. The van der Waals surface area contributed by atoms with Crippen molar-refractivity contribution >= 4 is 0 Å². The molecule has 0 aliphatic carbocycles. The number of ether oxygens (including phenoxy) is 1. The molecule has 1 atom stereocenters. The third-order valence-electron chi connectivity index (χ3n) is 2.07. The highest BCUT2D eigenvalue weighted by Crippen LogP contribution is 2.30. The Balaban J connectivity index is 3.34. The molecule has 1 aromatic carbocycles. The van der Waals surface area contributed by atoms with Crippen LogP contribution in [0, 0.1) is 12.7 Å². The van der Waals surface area contributed by atoms with Crippen LogP contribution < -0.4 is 4.74 Å². The van der Waals surface area contributed by atoms with Gasteiger partial charge in [-0.2, -0.15) is 0 Å². The van der Waals surface area contributed by atoms with Crippen LogP contribution in [0.2, 0.25) is 0 Å². The summed E-state index contributed by atoms with van der Waals surface area (Å²) in [5, 5.41) is 9.51. The van der Waals surface area contributed by atoms with Crippen molar-refractivity contribution in [2.45, 2.75) is 13.0 Å². The Morgan fingerprint density at radius 3 is 2.71 bits per heavy atom. The summed E-state index contributed by atoms with van der Waals surface area (Å²) in [5.74, 6) is -0.114. The molecule has 2 nitrogen and oxygen atoms in total. The second kappa shape index (κ2) is 4.24. The molecule has 0 bridgehead atoms. The number of rotatable bonds is 3. The second-order valence-electron chi connectivity index (χ2n) is 2.99. The van der Waals surface area contributed by atoms with Gasteiger partial charge in [-0.05, 0) is 18.6 Å². The molecular formula is C11H13FO2. The van der Waals surface area contributed by atoms with Gasteiger partial charge in [0.2, 0.25) is 0 Å². The quantitative estimate of drug-likeness (QED) is 0.752. The summed E-state index contributed by atoms with van der Waals surface area (Å²) < 4.78 is 18.6. The van der Waals surface area contributed by atoms with Crippen LogP contribution in [0.4, 0.5) is 4.39 Å². The van der Waals surface area contributed by atoms with Gasteiger partial charge in [-0.15, -0.1) is 6.58 Å². The minimum absolute atomic E-state index is 0.141. The lowest BCUT2D eigenvalue weighted by Crippen LogP contribution is -2.02. The summed E-state index contributed by atoms with van der Waals surface area (Å²) in [6.07, 6.45) is 0.227. The zero-order valence-corrected chi connectivity index (χ0v) is 8.25. The van der Waals surface area contributed by atoms with E-state index >= 15 is 0 Å². The van der Waals surface area contributed by atoms with Crippen LogP contribution in [-0.4, -0.2) is 12.2 Å². The average molecular weight is 196 g/mol. The number of aryl methyl sites for hydroxylation is 1. The normalized spacial score (nSPS) is 12.3. The van der Waals surface area contributed by atoms with Crippen LogP contribution in [0.5, 0.6) is 5.75 Å². The lowest BCUT2D eigenvalue weighted by Gasteiger charge is -2.13. The maximum Gasteiger partial charge on any atom is 0.135 e. The van der Waals surface area contributed by atoms with Gasteiger partial charge in [0.05, 0.1) is 12.7 Å². The van der Waals surface area contributed by atoms with Gasteiger partial charge in [-0.3, -0.25) is 0 Å². The van der Waals surface area contributed by atoms with Crippen molar-refractivity contribution in [1.29, 1.82) is 0 Å². The summed E-state index contributed by atoms with van der Waals surface area (Å²) in [6.45, 7) is 5.04. The monoisotopic (exact) mass is 196 g/mol. The van der Waals surface area contributed by atoms with Crippen molar-refractivity contribution in [3.05, 3.63) is 41.7 Å². The Hall–Kier alpha value is -1.35. The molecule has 1 N–H and O–H groups in total. The predicted octanol–water partition coefficient (Wildman–Crippen LogP) is 2.36. The van der Waals surface area contributed by atoms with Gasteiger partial charge in [0.1, 0.15) is 17.7 Å². The summed E-state index contributed by atoms with van der Waals surface area (Å²) in [4.78, 5) is 0. The second-order valence-corrected chi connectivity index (χ2v) is 2.99. The van der Waals surface area contributed by atoms with Gasteiger partial charge in [0.25, 0.3) is 0 Å². The van der Waals surface area contributed by atoms with Crippen LogP contribution in [0.15, 0.2) is 24.8 Å². The van der Waals surface area contributed by atoms with Gasteiger partial charge >= 0.3 is 0 Å². The molecule has 0 aliphatic heterocycles. The molecule has 1 unspecified atom stereocenters. The highest BCUT2D eigenvalue weighted by molar-refractivity contribution is 5.41. The molecule has 0 saturated carbocycles. The van der Waals surface area contributed by atoms with Gasteiger partial charge in [0.15, 0.2) is 0 Å². The Morgan fingerprint density at radius 1 is 1.57 bits per heavy atom. The Bertz CT molecular complexity index is 347. The Labute approximate surface area is 82.6 Å². The smallest absolute Gasteiger partial charge is 0.135 e. The number of aliphatic hydroxyl groups excluding tert-OH is 1. The molecule has 0 spiro atoms. The van der Waals surface area contributed by atoms with E-state index in [0.717, 1.165) is 0 Å². The fourth-order valence-electron chi connectivity index (χ4n) is 1.26. The van der Waals surface area contributed by atoms with E-state index in [1.807, 2.05) is 0 Å². The van der Waals surface area contributed by atoms with Crippen molar-refractivity contribution in [3.8, 4) is 5.75 Å². The molecule has 76 valence electrons. The summed E-state index contributed by atoms with van der Waals surface area (Å²) in [7, 11) is 1.43. The first-order chi connectivity index (χ1) is 6.61. The minimum atomic E-state index is -1.04. The molecule has 1 rings (SSSR count). The van der Waals surface area contributed by atoms with E-state index in [9.17, 15) is 9.50 Å². The Morgan fingerprint density at radius 2 is 2.21 bits per heavy atom. The van der Waals surface area contributed by atoms with Gasteiger partial charge in [0, 0.05) is 0 Å². The van der Waals surface area contributed by atoms with E-state index in [-0.39, 0.29) is 5.56 Å². The van der Waals surface area contributed by atoms with E-state index in [4.69, 9.17) is 4.74 Å². The van der Waals surface area contributed by atoms with E-state index in [1.54, 1.807) is 19.1 Å². The van der Waals surface area contributed by atoms with Crippen LogP contribution in [0.1, 0.15) is 17.2 Å². The fraction of sp³-hybridized carbons (Fsp3) is 0.273. The van der Waals surface area contributed by atoms with Crippen molar-refractivity contribution in [2.24, 2.45) is 0 Å². The molecule has 0 aliphatic rings. The van der Waals surface area contributed by atoms with E-state index in [2.05, 4.69) is 6.58 Å². The van der Waals surface area contributed by atoms with Crippen molar-refractivity contribution in [3.63, 3.8) is 0 Å². The summed E-state index contributed by atoms with van der Waals surface area (Å²) in [5.41, 5.74) is 0.615. The maximum atomic E-state index is 13.6. The molecule has 0 radical (unpaired) electrons. The predicted molar refractivity (Wildman–Crippen MR) is 52.8 cm³/mol. The molecule has 14 heavy (non-hydrogen) atoms. The van der Waals surface area contributed by atoms with E-state index < -0.39 is 11.9 Å². The van der Waals surface area contributed by atoms with Gasteiger partial charge in [-0.25, -0.2) is 4.39 Å². The molecule has 3 heteroatoms. The molecular weight excluding hydrogens is 183 g/mol. The minimum Gasteiger partial charge on any atom is -0.496 e. The molecule has 0 saturated heterocycles. The SMILES string of the molecule is C=CC(O)c1c(OC)ccc(C)c1F. The topological polar surface area (TPSA) is 29.5 Å². The van der Waals surface area contributed by atoms with E-state index in [0.29, 0.717) is 11.3 Å². The number of halogens is 1. The zero-order chi connectivity index (χ0) is 10.7. The van der Waals surface area contributed by atoms with Crippen LogP contribution in [-0.2, 0) is 0 Å². The van der Waals surface area contributed by atoms with Gasteiger partial charge in [-0.1, -0.05) is 12.1 Å². The molecule has 0 amide bonds. The molecule has 1 aromatic rings. The highest BCUT2D eigenvalue weighted by atomic mass is 19.1. The molecule has 0 aromatic heterocycles. The van der Waals surface area contributed by atoms with Crippen molar-refractivity contribution in [1.82, 2.24) is 0 Å². The first kappa shape index (κ1) is 10.7. The molecule has 0 fully saturated rings. The fourth-order valence-corrected chi connectivity index (χ4v) is 1.26. The first-order valence-electron chi connectivity index (χ1n) is 4.25. The number of hydrogen-bond acceptors (Lipinski definition) is 2. The lowest BCUT2D eigenvalue weighted by molar-refractivity contribution is 0.217. The third-order valence-corrected chi connectivity index (χ3v) is 2.07. The number of aliphatic hydroxyl groups is 1. The Kier molecular flexibility index (Phi) is 3.25. The lowest BCUT2D eigenvalue weighted by atomic mass is 10.0. The number of hydrogen-bond donors (Lipinski definition) is 1.